The lowest BCUT2D eigenvalue weighted by molar-refractivity contribution is -0.160. The molecule has 3 unspecified atom stereocenters. The maximum atomic E-state index is 12.8. The van der Waals surface area contributed by atoms with Gasteiger partial charge in [0.1, 0.15) is 12.7 Å². The number of rotatable bonds is 46. The molecule has 12 heteroatoms. The number of allylic oxidation sites excluding steroid dienone is 17. The molecule has 0 aliphatic heterocycles. The van der Waals surface area contributed by atoms with E-state index < -0.39 is 57.8 Å². The van der Waals surface area contributed by atoms with Gasteiger partial charge in [-0.1, -0.05) is 175 Å². The summed E-state index contributed by atoms with van der Waals surface area (Å²) in [6.45, 7) is 4.21. The summed E-state index contributed by atoms with van der Waals surface area (Å²) in [4.78, 5) is 48.2. The molecular formula is C56H91O11P. The molecular weight excluding hydrogens is 880 g/mol. The monoisotopic (exact) mass is 971 g/mol. The zero-order valence-electron chi connectivity index (χ0n) is 42.3. The van der Waals surface area contributed by atoms with Gasteiger partial charge in [-0.05, 0) is 103 Å². The lowest BCUT2D eigenvalue weighted by Crippen LogP contribution is -2.30. The van der Waals surface area contributed by atoms with Crippen LogP contribution in [0.2, 0.25) is 0 Å². The molecule has 386 valence electrons. The van der Waals surface area contributed by atoms with E-state index in [-0.39, 0.29) is 25.9 Å². The maximum absolute atomic E-state index is 12.8. The molecule has 0 aliphatic carbocycles. The van der Waals surface area contributed by atoms with Crippen LogP contribution in [0.15, 0.2) is 109 Å². The first-order valence-corrected chi connectivity index (χ1v) is 27.3. The van der Waals surface area contributed by atoms with Crippen LogP contribution in [0.4, 0.5) is 0 Å². The summed E-state index contributed by atoms with van der Waals surface area (Å²) in [6.07, 6.45) is 58.1. The number of hydrogen-bond acceptors (Lipinski definition) is 10. The van der Waals surface area contributed by atoms with Crippen molar-refractivity contribution in [1.29, 1.82) is 0 Å². The third-order valence-corrected chi connectivity index (χ3v) is 11.1. The molecule has 0 amide bonds. The Bertz CT molecular complexity index is 1550. The lowest BCUT2D eigenvalue weighted by atomic mass is 10.1. The molecule has 2 N–H and O–H groups in total. The van der Waals surface area contributed by atoms with Crippen LogP contribution < -0.4 is 0 Å². The van der Waals surface area contributed by atoms with Crippen molar-refractivity contribution in [1.82, 2.24) is 0 Å². The first-order valence-electron chi connectivity index (χ1n) is 25.8. The fraction of sp³-hybridized carbons (Fsp3) is 0.625. The van der Waals surface area contributed by atoms with E-state index >= 15 is 0 Å². The number of aliphatic hydroxyl groups is 1. The summed E-state index contributed by atoms with van der Waals surface area (Å²) in [7, 11) is -4.78. The first kappa shape index (κ1) is 64.1. The molecule has 68 heavy (non-hydrogen) atoms. The largest absolute Gasteiger partial charge is 0.472 e. The Hall–Kier alpha value is -3.86. The molecule has 0 rings (SSSR count). The van der Waals surface area contributed by atoms with E-state index in [1.165, 1.54) is 25.7 Å². The Kier molecular flexibility index (Phi) is 46.7. The fourth-order valence-electron chi connectivity index (χ4n) is 6.32. The minimum Gasteiger partial charge on any atom is -0.462 e. The van der Waals surface area contributed by atoms with E-state index in [1.807, 2.05) is 18.2 Å². The summed E-state index contributed by atoms with van der Waals surface area (Å²) in [5, 5.41) is 9.76. The van der Waals surface area contributed by atoms with Gasteiger partial charge in [0.05, 0.1) is 26.2 Å². The van der Waals surface area contributed by atoms with Gasteiger partial charge in [-0.2, -0.15) is 0 Å². The molecule has 0 aliphatic rings. The average Bonchev–Trinajstić information content (AvgIpc) is 3.32. The van der Waals surface area contributed by atoms with Gasteiger partial charge in [0, 0.05) is 12.8 Å². The van der Waals surface area contributed by atoms with Gasteiger partial charge in [0.2, 0.25) is 0 Å². The topological polar surface area (TPSA) is 155 Å². The van der Waals surface area contributed by atoms with Crippen molar-refractivity contribution < 1.29 is 52.2 Å². The van der Waals surface area contributed by atoms with E-state index in [1.54, 1.807) is 6.08 Å². The second-order valence-corrected chi connectivity index (χ2v) is 18.0. The smallest absolute Gasteiger partial charge is 0.462 e. The molecule has 11 nitrogen and oxygen atoms in total. The van der Waals surface area contributed by atoms with Crippen LogP contribution in [0.5, 0.6) is 0 Å². The van der Waals surface area contributed by atoms with E-state index in [4.69, 9.17) is 23.3 Å². The molecule has 0 fully saturated rings. The van der Waals surface area contributed by atoms with Crippen LogP contribution >= 0.6 is 7.82 Å². The number of hydrogen-bond donors (Lipinski definition) is 2. The average molecular weight is 971 g/mol. The second-order valence-electron chi connectivity index (χ2n) is 16.6. The van der Waals surface area contributed by atoms with Gasteiger partial charge in [0.25, 0.3) is 0 Å². The SMILES string of the molecule is CC/C=C\C/C=C\C/C=C\C/C=C\C/C=C\CC(=O)OC(COC(=O)CCCCCCC/C=C\CCCCCC)COP(=O)(O)OCC(CO)OC(=O)CCCCC/C=C\C/C=C\C/C=C\CC. The number of unbranched alkanes of at least 4 members (excludes halogenated alkanes) is 12. The van der Waals surface area contributed by atoms with Crippen molar-refractivity contribution >= 4 is 25.7 Å². The predicted octanol–water partition coefficient (Wildman–Crippen LogP) is 14.7. The number of ether oxygens (including phenoxy) is 3. The molecule has 0 bridgehead atoms. The van der Waals surface area contributed by atoms with Gasteiger partial charge in [0.15, 0.2) is 6.10 Å². The first-order chi connectivity index (χ1) is 33.2. The van der Waals surface area contributed by atoms with Crippen LogP contribution in [0.3, 0.4) is 0 Å². The Labute approximate surface area is 412 Å². The highest BCUT2D eigenvalue weighted by molar-refractivity contribution is 7.47. The van der Waals surface area contributed by atoms with Crippen molar-refractivity contribution in [3.8, 4) is 0 Å². The normalized spacial score (nSPS) is 14.4. The van der Waals surface area contributed by atoms with E-state index in [0.717, 1.165) is 103 Å². The molecule has 0 aromatic carbocycles. The van der Waals surface area contributed by atoms with Crippen LogP contribution in [0, 0.1) is 0 Å². The molecule has 0 radical (unpaired) electrons. The minimum atomic E-state index is -4.78. The van der Waals surface area contributed by atoms with Crippen LogP contribution in [-0.4, -0.2) is 66.5 Å². The molecule has 3 atom stereocenters. The quantitative estimate of drug-likeness (QED) is 0.0197. The van der Waals surface area contributed by atoms with E-state index in [2.05, 4.69) is 106 Å². The molecule has 0 spiro atoms. The predicted molar refractivity (Wildman–Crippen MR) is 279 cm³/mol. The summed E-state index contributed by atoms with van der Waals surface area (Å²) in [5.41, 5.74) is 0. The minimum absolute atomic E-state index is 0.0734. The number of esters is 3. The Balaban J connectivity index is 4.92. The molecule has 0 heterocycles. The summed E-state index contributed by atoms with van der Waals surface area (Å²) >= 11 is 0. The zero-order valence-corrected chi connectivity index (χ0v) is 43.2. The van der Waals surface area contributed by atoms with Crippen molar-refractivity contribution in [2.75, 3.05) is 26.4 Å². The van der Waals surface area contributed by atoms with Gasteiger partial charge >= 0.3 is 25.7 Å². The van der Waals surface area contributed by atoms with Crippen molar-refractivity contribution in [2.45, 2.75) is 200 Å². The van der Waals surface area contributed by atoms with Crippen LogP contribution in [-0.2, 0) is 42.2 Å². The van der Waals surface area contributed by atoms with E-state index in [0.29, 0.717) is 19.3 Å². The van der Waals surface area contributed by atoms with Crippen molar-refractivity contribution in [3.63, 3.8) is 0 Å². The van der Waals surface area contributed by atoms with E-state index in [9.17, 15) is 28.9 Å². The van der Waals surface area contributed by atoms with Gasteiger partial charge in [-0.25, -0.2) is 4.57 Å². The highest BCUT2D eigenvalue weighted by Crippen LogP contribution is 2.43. The van der Waals surface area contributed by atoms with Gasteiger partial charge in [-0.15, -0.1) is 0 Å². The Morgan fingerprint density at radius 1 is 0.441 bits per heavy atom. The number of phosphoric acid groups is 1. The molecule has 0 aromatic rings. The highest BCUT2D eigenvalue weighted by atomic mass is 31.2. The van der Waals surface area contributed by atoms with Crippen molar-refractivity contribution in [2.24, 2.45) is 0 Å². The molecule has 0 saturated heterocycles. The molecule has 0 aromatic heterocycles. The van der Waals surface area contributed by atoms with Crippen LogP contribution in [0.25, 0.3) is 0 Å². The highest BCUT2D eigenvalue weighted by Gasteiger charge is 2.28. The lowest BCUT2D eigenvalue weighted by Gasteiger charge is -2.21. The van der Waals surface area contributed by atoms with Gasteiger partial charge in [-0.3, -0.25) is 23.4 Å². The fourth-order valence-corrected chi connectivity index (χ4v) is 7.10. The third-order valence-electron chi connectivity index (χ3n) is 10.2. The summed E-state index contributed by atoms with van der Waals surface area (Å²) in [6, 6.07) is 0. The number of carbonyl (C=O) groups is 3. The Morgan fingerprint density at radius 3 is 1.32 bits per heavy atom. The second kappa shape index (κ2) is 49.6. The third kappa shape index (κ3) is 47.2. The molecule has 0 saturated carbocycles. The van der Waals surface area contributed by atoms with Gasteiger partial charge < -0.3 is 24.2 Å². The summed E-state index contributed by atoms with van der Waals surface area (Å²) < 4.78 is 39.2. The zero-order chi connectivity index (χ0) is 49.9. The summed E-state index contributed by atoms with van der Waals surface area (Å²) in [5.74, 6) is -1.67. The standard InChI is InChI=1S/C56H91O11P/c1-4-7-10-13-16-19-22-25-26-29-32-35-38-41-44-47-56(60)67-53(49-63-54(58)45-42-39-36-33-30-27-23-20-17-14-11-8-5-2)51-65-68(61,62)64-50-52(48-57)66-55(59)46-43-40-37-34-31-28-24-21-18-15-12-9-6-3/h7,9-10,12,16,18-21,23,25-26,28,31-32,35,41,44,52-53,57H,4-6,8,11,13-15,17,22,24,27,29-30,33-34,36-40,42-43,45-51H2,1-3H3,(H,61,62)/b10-7-,12-9-,19-16-,21-18-,23-20-,26-25-,31-28-,35-32-,44-41-. The Morgan fingerprint density at radius 2 is 0.824 bits per heavy atom. The van der Waals surface area contributed by atoms with Crippen LogP contribution in [0.1, 0.15) is 188 Å². The number of carbonyl (C=O) groups excluding carboxylic acids is 3. The number of aliphatic hydroxyl groups excluding tert-OH is 1. The maximum Gasteiger partial charge on any atom is 0.472 e. The van der Waals surface area contributed by atoms with Crippen molar-refractivity contribution in [3.05, 3.63) is 109 Å². The number of phosphoric ester groups is 1.